The molecule has 3 heterocycles. The van der Waals surface area contributed by atoms with Gasteiger partial charge in [0.1, 0.15) is 5.82 Å². The van der Waals surface area contributed by atoms with Gasteiger partial charge in [-0.2, -0.15) is 36.2 Å². The van der Waals surface area contributed by atoms with Crippen molar-refractivity contribution in [2.24, 2.45) is 13.0 Å². The van der Waals surface area contributed by atoms with Gasteiger partial charge in [0.2, 0.25) is 0 Å². The molecule has 0 saturated heterocycles. The third kappa shape index (κ3) is 6.28. The van der Waals surface area contributed by atoms with Crippen LogP contribution in [-0.4, -0.2) is 48.1 Å². The number of aryl methyl sites for hydroxylation is 2. The quantitative estimate of drug-likeness (QED) is 0.213. The van der Waals surface area contributed by atoms with E-state index in [1.165, 1.54) is 23.2 Å². The van der Waals surface area contributed by atoms with Crippen LogP contribution in [0, 0.1) is 5.92 Å². The smallest absolute Gasteiger partial charge is 0.356 e. The summed E-state index contributed by atoms with van der Waals surface area (Å²) in [5, 5.41) is 17.3. The number of halogens is 6. The van der Waals surface area contributed by atoms with Gasteiger partial charge in [0, 0.05) is 43.7 Å². The van der Waals surface area contributed by atoms with Crippen molar-refractivity contribution in [3.05, 3.63) is 52.7 Å². The maximum Gasteiger partial charge on any atom is 0.416 e. The van der Waals surface area contributed by atoms with Crippen molar-refractivity contribution in [2.75, 3.05) is 22.9 Å². The molecule has 0 atom stereocenters. The minimum Gasteiger partial charge on any atom is -0.356 e. The van der Waals surface area contributed by atoms with Crippen LogP contribution >= 0.6 is 0 Å². The fourth-order valence-corrected chi connectivity index (χ4v) is 5.15. The fourth-order valence-electron chi connectivity index (χ4n) is 5.15. The van der Waals surface area contributed by atoms with Crippen LogP contribution in [0.2, 0.25) is 0 Å². The highest BCUT2D eigenvalue weighted by molar-refractivity contribution is 5.79. The Morgan fingerprint density at radius 3 is 2.14 bits per heavy atom. The van der Waals surface area contributed by atoms with E-state index in [0.717, 1.165) is 42.5 Å². The average Bonchev–Trinajstić information content (AvgIpc) is 3.52. The Kier molecular flexibility index (Phi) is 8.03. The molecule has 3 aromatic heterocycles. The van der Waals surface area contributed by atoms with E-state index in [9.17, 15) is 26.3 Å². The molecule has 0 N–H and O–H groups in total. The van der Waals surface area contributed by atoms with Crippen LogP contribution in [0.25, 0.3) is 11.0 Å². The number of fused-ring (bicyclic) bond motifs is 1. The van der Waals surface area contributed by atoms with E-state index >= 15 is 0 Å². The number of nitrogens with zero attached hydrogens (tertiary/aromatic N) is 9. The van der Waals surface area contributed by atoms with Crippen LogP contribution in [0.4, 0.5) is 38.1 Å². The molecular formula is C27H31F6N9. The van der Waals surface area contributed by atoms with Gasteiger partial charge in [-0.05, 0) is 67.6 Å². The van der Waals surface area contributed by atoms with Gasteiger partial charge in [-0.25, -0.2) is 9.67 Å². The van der Waals surface area contributed by atoms with E-state index < -0.39 is 23.5 Å². The zero-order valence-electron chi connectivity index (χ0n) is 23.4. The number of rotatable bonds is 10. The molecular weight excluding hydrogens is 564 g/mol. The molecule has 0 radical (unpaired) electrons. The summed E-state index contributed by atoms with van der Waals surface area (Å²) in [6.45, 7) is 5.76. The van der Waals surface area contributed by atoms with E-state index in [4.69, 9.17) is 4.98 Å². The predicted molar refractivity (Wildman–Crippen MR) is 144 cm³/mol. The molecule has 4 aromatic rings. The van der Waals surface area contributed by atoms with E-state index in [-0.39, 0.29) is 30.7 Å². The van der Waals surface area contributed by atoms with E-state index in [1.807, 2.05) is 19.9 Å². The van der Waals surface area contributed by atoms with Gasteiger partial charge in [0.15, 0.2) is 5.65 Å². The van der Waals surface area contributed by atoms with Gasteiger partial charge >= 0.3 is 12.4 Å². The molecule has 1 aliphatic rings. The van der Waals surface area contributed by atoms with Crippen LogP contribution in [0.5, 0.6) is 0 Å². The maximum absolute atomic E-state index is 13.6. The van der Waals surface area contributed by atoms with Gasteiger partial charge in [0.05, 0.1) is 24.4 Å². The molecule has 42 heavy (non-hydrogen) atoms. The van der Waals surface area contributed by atoms with Crippen molar-refractivity contribution < 1.29 is 26.3 Å². The molecule has 1 saturated carbocycles. The molecule has 0 aliphatic heterocycles. The van der Waals surface area contributed by atoms with Crippen molar-refractivity contribution in [1.29, 1.82) is 0 Å². The van der Waals surface area contributed by atoms with Crippen molar-refractivity contribution in [2.45, 2.75) is 65.1 Å². The average molecular weight is 596 g/mol. The Labute approximate surface area is 238 Å². The van der Waals surface area contributed by atoms with Crippen LogP contribution in [0.15, 0.2) is 30.5 Å². The molecule has 0 bridgehead atoms. The highest BCUT2D eigenvalue weighted by Gasteiger charge is 2.37. The number of pyridine rings is 1. The van der Waals surface area contributed by atoms with E-state index in [2.05, 4.69) is 25.4 Å². The Morgan fingerprint density at radius 1 is 0.929 bits per heavy atom. The molecule has 5 rings (SSSR count). The summed E-state index contributed by atoms with van der Waals surface area (Å²) in [4.78, 5) is 9.84. The first-order chi connectivity index (χ1) is 19.9. The molecule has 9 nitrogen and oxygen atoms in total. The first-order valence-electron chi connectivity index (χ1n) is 13.7. The van der Waals surface area contributed by atoms with Crippen molar-refractivity contribution >= 4 is 22.8 Å². The van der Waals surface area contributed by atoms with Gasteiger partial charge in [-0.15, -0.1) is 5.10 Å². The van der Waals surface area contributed by atoms with Crippen LogP contribution < -0.4 is 9.80 Å². The SMILES string of the molecule is CCN(CC1CCC1)c1nc2c(cnn2CC)cc1CN(Cc1cc(C(F)(F)F)cc(C(F)(F)F)c1)c1nnn(C)n1. The van der Waals surface area contributed by atoms with E-state index in [0.29, 0.717) is 30.5 Å². The zero-order chi connectivity index (χ0) is 30.2. The summed E-state index contributed by atoms with van der Waals surface area (Å²) < 4.78 is 83.4. The third-order valence-electron chi connectivity index (χ3n) is 7.51. The standard InChI is InChI=1S/C27H31F6N9/c1-4-40(14-17-7-6-8-17)23-20(11-19-13-34-42(5-2)24(19)35-23)16-41(25-36-38-39(3)37-25)15-18-9-21(26(28,29)30)12-22(10-18)27(31,32)33/h9-13,17H,4-8,14-16H2,1-3H3. The molecule has 0 unspecified atom stereocenters. The summed E-state index contributed by atoms with van der Waals surface area (Å²) >= 11 is 0. The lowest BCUT2D eigenvalue weighted by Gasteiger charge is -2.34. The van der Waals surface area contributed by atoms with Crippen LogP contribution in [0.1, 0.15) is 55.4 Å². The molecule has 0 spiro atoms. The van der Waals surface area contributed by atoms with Crippen LogP contribution in [-0.2, 0) is 39.0 Å². The normalized spacial score (nSPS) is 14.4. The van der Waals surface area contributed by atoms with Crippen molar-refractivity contribution in [3.8, 4) is 0 Å². The minimum atomic E-state index is -4.96. The highest BCUT2D eigenvalue weighted by Crippen LogP contribution is 2.37. The molecule has 226 valence electrons. The molecule has 1 aliphatic carbocycles. The predicted octanol–water partition coefficient (Wildman–Crippen LogP) is 5.85. The number of tetrazole rings is 1. The number of aromatic nitrogens is 7. The summed E-state index contributed by atoms with van der Waals surface area (Å²) in [5.74, 6) is 1.26. The van der Waals surface area contributed by atoms with Gasteiger partial charge in [0.25, 0.3) is 5.95 Å². The number of hydrogen-bond acceptors (Lipinski definition) is 7. The Balaban J connectivity index is 1.59. The second-order valence-corrected chi connectivity index (χ2v) is 10.5. The number of benzene rings is 1. The minimum absolute atomic E-state index is 0.0556. The molecule has 1 fully saturated rings. The number of hydrogen-bond donors (Lipinski definition) is 0. The van der Waals surface area contributed by atoms with Gasteiger partial charge in [-0.3, -0.25) is 0 Å². The fraction of sp³-hybridized carbons (Fsp3) is 0.519. The number of anilines is 2. The van der Waals surface area contributed by atoms with Crippen molar-refractivity contribution in [1.82, 2.24) is 35.0 Å². The third-order valence-corrected chi connectivity index (χ3v) is 7.51. The molecule has 1 aromatic carbocycles. The summed E-state index contributed by atoms with van der Waals surface area (Å²) in [5.41, 5.74) is -1.55. The second-order valence-electron chi connectivity index (χ2n) is 10.5. The van der Waals surface area contributed by atoms with Crippen molar-refractivity contribution in [3.63, 3.8) is 0 Å². The number of alkyl halides is 6. The monoisotopic (exact) mass is 595 g/mol. The summed E-state index contributed by atoms with van der Waals surface area (Å²) in [6.07, 6.45) is -4.82. The van der Waals surface area contributed by atoms with E-state index in [1.54, 1.807) is 10.9 Å². The summed E-state index contributed by atoms with van der Waals surface area (Å²) in [6, 6.07) is 3.48. The lowest BCUT2D eigenvalue weighted by molar-refractivity contribution is -0.143. The van der Waals surface area contributed by atoms with Crippen LogP contribution in [0.3, 0.4) is 0 Å². The largest absolute Gasteiger partial charge is 0.416 e. The maximum atomic E-state index is 13.6. The van der Waals surface area contributed by atoms with Gasteiger partial charge < -0.3 is 9.80 Å². The molecule has 15 heteroatoms. The first kappa shape index (κ1) is 29.6. The Hall–Kier alpha value is -3.91. The second kappa shape index (κ2) is 11.4. The first-order valence-corrected chi connectivity index (χ1v) is 13.7. The highest BCUT2D eigenvalue weighted by atomic mass is 19.4. The topological polar surface area (TPSA) is 80.8 Å². The zero-order valence-corrected chi connectivity index (χ0v) is 23.4. The lowest BCUT2D eigenvalue weighted by Crippen LogP contribution is -2.34. The molecule has 0 amide bonds. The Morgan fingerprint density at radius 2 is 1.62 bits per heavy atom. The van der Waals surface area contributed by atoms with Gasteiger partial charge in [-0.1, -0.05) is 11.5 Å². The lowest BCUT2D eigenvalue weighted by atomic mass is 9.85. The summed E-state index contributed by atoms with van der Waals surface area (Å²) in [7, 11) is 1.52. The Bertz CT molecular complexity index is 1510.